The van der Waals surface area contributed by atoms with Gasteiger partial charge in [0, 0.05) is 25.8 Å². The lowest BCUT2D eigenvalue weighted by Gasteiger charge is -2.28. The summed E-state index contributed by atoms with van der Waals surface area (Å²) in [5.41, 5.74) is 0. The van der Waals surface area contributed by atoms with Crippen LogP contribution in [-0.4, -0.2) is 54.4 Å². The summed E-state index contributed by atoms with van der Waals surface area (Å²) < 4.78 is 4.93. The maximum absolute atomic E-state index is 12.0. The summed E-state index contributed by atoms with van der Waals surface area (Å²) in [4.78, 5) is 24.1. The molecule has 0 aliphatic heterocycles. The van der Waals surface area contributed by atoms with Crippen molar-refractivity contribution in [1.29, 1.82) is 0 Å². The second kappa shape index (κ2) is 8.74. The van der Waals surface area contributed by atoms with Crippen LogP contribution in [0.4, 0.5) is 4.79 Å². The van der Waals surface area contributed by atoms with E-state index in [9.17, 15) is 9.59 Å². The predicted octanol–water partition coefficient (Wildman–Crippen LogP) is 1.31. The van der Waals surface area contributed by atoms with E-state index < -0.39 is 5.97 Å². The molecule has 0 aromatic heterocycles. The first-order chi connectivity index (χ1) is 8.42. The summed E-state index contributed by atoms with van der Waals surface area (Å²) in [5.74, 6) is -1.00. The van der Waals surface area contributed by atoms with E-state index in [0.29, 0.717) is 19.4 Å². The molecule has 0 aromatic carbocycles. The monoisotopic (exact) mass is 260 g/mol. The minimum Gasteiger partial charge on any atom is -0.480 e. The van der Waals surface area contributed by atoms with E-state index in [1.807, 2.05) is 20.8 Å². The molecule has 0 radical (unpaired) electrons. The molecular formula is C12H24N2O4. The van der Waals surface area contributed by atoms with Gasteiger partial charge in [0.25, 0.3) is 0 Å². The number of carboxylic acid groups (broad SMARTS) is 1. The zero-order chi connectivity index (χ0) is 14.1. The molecule has 0 aromatic rings. The normalized spacial score (nSPS) is 13.8. The van der Waals surface area contributed by atoms with E-state index >= 15 is 0 Å². The van der Waals surface area contributed by atoms with Crippen molar-refractivity contribution in [2.45, 2.75) is 45.7 Å². The molecule has 2 N–H and O–H groups in total. The molecule has 0 rings (SSSR count). The highest BCUT2D eigenvalue weighted by molar-refractivity contribution is 5.80. The topological polar surface area (TPSA) is 78.9 Å². The van der Waals surface area contributed by atoms with Crippen LogP contribution >= 0.6 is 0 Å². The minimum absolute atomic E-state index is 0.0437. The van der Waals surface area contributed by atoms with Gasteiger partial charge in [-0.3, -0.25) is 4.79 Å². The smallest absolute Gasteiger partial charge is 0.323 e. The van der Waals surface area contributed by atoms with Crippen molar-refractivity contribution in [2.24, 2.45) is 0 Å². The largest absolute Gasteiger partial charge is 0.480 e. The average Bonchev–Trinajstić information content (AvgIpc) is 2.32. The Morgan fingerprint density at radius 1 is 1.39 bits per heavy atom. The first-order valence-electron chi connectivity index (χ1n) is 6.20. The number of methoxy groups -OCH3 is 1. The van der Waals surface area contributed by atoms with Gasteiger partial charge in [0.1, 0.15) is 6.54 Å². The van der Waals surface area contributed by atoms with Crippen LogP contribution in [0.5, 0.6) is 0 Å². The van der Waals surface area contributed by atoms with E-state index in [-0.39, 0.29) is 24.7 Å². The summed E-state index contributed by atoms with van der Waals surface area (Å²) in [7, 11) is 1.60. The third kappa shape index (κ3) is 6.44. The summed E-state index contributed by atoms with van der Waals surface area (Å²) >= 11 is 0. The van der Waals surface area contributed by atoms with Gasteiger partial charge in [-0.05, 0) is 26.7 Å². The second-order valence-corrected chi connectivity index (χ2v) is 4.41. The van der Waals surface area contributed by atoms with Gasteiger partial charge in [0.2, 0.25) is 0 Å². The SMILES string of the molecule is CCC(C)N(CC(=O)O)C(=O)NC(C)CCOC. The van der Waals surface area contributed by atoms with E-state index in [4.69, 9.17) is 9.84 Å². The number of carbonyl (C=O) groups is 2. The van der Waals surface area contributed by atoms with Gasteiger partial charge in [-0.2, -0.15) is 0 Å². The number of rotatable bonds is 8. The maximum Gasteiger partial charge on any atom is 0.323 e. The van der Waals surface area contributed by atoms with Gasteiger partial charge in [-0.15, -0.1) is 0 Å². The van der Waals surface area contributed by atoms with Crippen molar-refractivity contribution in [2.75, 3.05) is 20.3 Å². The summed E-state index contributed by atoms with van der Waals surface area (Å²) in [6.07, 6.45) is 1.41. The number of urea groups is 1. The van der Waals surface area contributed by atoms with Gasteiger partial charge < -0.3 is 20.1 Å². The number of carboxylic acids is 1. The standard InChI is InChI=1S/C12H24N2O4/c1-5-10(3)14(8-11(15)16)12(17)13-9(2)6-7-18-4/h9-10H,5-8H2,1-4H3,(H,13,17)(H,15,16). The van der Waals surface area contributed by atoms with Gasteiger partial charge in [0.05, 0.1) is 0 Å². The molecule has 0 saturated heterocycles. The van der Waals surface area contributed by atoms with Crippen LogP contribution < -0.4 is 5.32 Å². The Morgan fingerprint density at radius 2 is 2.00 bits per heavy atom. The number of hydrogen-bond donors (Lipinski definition) is 2. The fraction of sp³-hybridized carbons (Fsp3) is 0.833. The van der Waals surface area contributed by atoms with Crippen molar-refractivity contribution < 1.29 is 19.4 Å². The highest BCUT2D eigenvalue weighted by atomic mass is 16.5. The van der Waals surface area contributed by atoms with Gasteiger partial charge >= 0.3 is 12.0 Å². The zero-order valence-electron chi connectivity index (χ0n) is 11.6. The molecule has 2 amide bonds. The highest BCUT2D eigenvalue weighted by Crippen LogP contribution is 2.04. The summed E-state index contributed by atoms with van der Waals surface area (Å²) in [6, 6.07) is -0.483. The van der Waals surface area contributed by atoms with E-state index in [1.165, 1.54) is 4.90 Å². The lowest BCUT2D eigenvalue weighted by atomic mass is 10.2. The van der Waals surface area contributed by atoms with Gasteiger partial charge in [-0.1, -0.05) is 6.92 Å². The van der Waals surface area contributed by atoms with Crippen molar-refractivity contribution in [3.63, 3.8) is 0 Å². The first-order valence-corrected chi connectivity index (χ1v) is 6.20. The lowest BCUT2D eigenvalue weighted by molar-refractivity contribution is -0.138. The Hall–Kier alpha value is -1.30. The quantitative estimate of drug-likeness (QED) is 0.689. The van der Waals surface area contributed by atoms with Crippen LogP contribution in [0.25, 0.3) is 0 Å². The number of nitrogens with one attached hydrogen (secondary N) is 1. The van der Waals surface area contributed by atoms with E-state index in [0.717, 1.165) is 0 Å². The molecule has 0 fully saturated rings. The average molecular weight is 260 g/mol. The van der Waals surface area contributed by atoms with Crippen molar-refractivity contribution in [3.05, 3.63) is 0 Å². The van der Waals surface area contributed by atoms with Crippen LogP contribution in [-0.2, 0) is 9.53 Å². The predicted molar refractivity (Wildman–Crippen MR) is 68.6 cm³/mol. The Labute approximate surface area is 108 Å². The van der Waals surface area contributed by atoms with Crippen LogP contribution in [0.2, 0.25) is 0 Å². The number of nitrogens with zero attached hydrogens (tertiary/aromatic N) is 1. The maximum atomic E-state index is 12.0. The summed E-state index contributed by atoms with van der Waals surface area (Å²) in [6.45, 7) is 5.90. The molecule has 6 nitrogen and oxygen atoms in total. The van der Waals surface area contributed by atoms with Crippen LogP contribution in [0.3, 0.4) is 0 Å². The fourth-order valence-electron chi connectivity index (χ4n) is 1.45. The van der Waals surface area contributed by atoms with Crippen molar-refractivity contribution in [1.82, 2.24) is 10.2 Å². The molecule has 2 atom stereocenters. The van der Waals surface area contributed by atoms with Crippen LogP contribution in [0.15, 0.2) is 0 Å². The Balaban J connectivity index is 4.41. The molecular weight excluding hydrogens is 236 g/mol. The fourth-order valence-corrected chi connectivity index (χ4v) is 1.45. The molecule has 18 heavy (non-hydrogen) atoms. The third-order valence-corrected chi connectivity index (χ3v) is 2.81. The molecule has 6 heteroatoms. The number of aliphatic carboxylic acids is 1. The van der Waals surface area contributed by atoms with E-state index in [1.54, 1.807) is 7.11 Å². The number of carbonyl (C=O) groups excluding carboxylic acids is 1. The number of ether oxygens (including phenoxy) is 1. The van der Waals surface area contributed by atoms with Crippen LogP contribution in [0.1, 0.15) is 33.6 Å². The first kappa shape index (κ1) is 16.7. The van der Waals surface area contributed by atoms with Crippen molar-refractivity contribution in [3.8, 4) is 0 Å². The molecule has 0 bridgehead atoms. The Bertz CT molecular complexity index is 271. The van der Waals surface area contributed by atoms with E-state index in [2.05, 4.69) is 5.32 Å². The zero-order valence-corrected chi connectivity index (χ0v) is 11.6. The second-order valence-electron chi connectivity index (χ2n) is 4.41. The van der Waals surface area contributed by atoms with Crippen LogP contribution in [0, 0.1) is 0 Å². The molecule has 0 saturated carbocycles. The molecule has 106 valence electrons. The summed E-state index contributed by atoms with van der Waals surface area (Å²) in [5, 5.41) is 11.6. The minimum atomic E-state index is -1.00. The van der Waals surface area contributed by atoms with Gasteiger partial charge in [0.15, 0.2) is 0 Å². The molecule has 0 heterocycles. The molecule has 2 unspecified atom stereocenters. The molecule has 0 aliphatic rings. The Morgan fingerprint density at radius 3 is 2.44 bits per heavy atom. The highest BCUT2D eigenvalue weighted by Gasteiger charge is 2.22. The van der Waals surface area contributed by atoms with Gasteiger partial charge in [-0.25, -0.2) is 4.79 Å². The number of amides is 2. The molecule has 0 aliphatic carbocycles. The Kier molecular flexibility index (Phi) is 8.11. The molecule has 0 spiro atoms. The lowest BCUT2D eigenvalue weighted by Crippen LogP contribution is -2.49. The van der Waals surface area contributed by atoms with Crippen molar-refractivity contribution >= 4 is 12.0 Å². The number of hydrogen-bond acceptors (Lipinski definition) is 3. The third-order valence-electron chi connectivity index (χ3n) is 2.81.